The van der Waals surface area contributed by atoms with Gasteiger partial charge in [0, 0.05) is 12.1 Å². The highest BCUT2D eigenvalue weighted by Gasteiger charge is 2.22. The first kappa shape index (κ1) is 9.32. The van der Waals surface area contributed by atoms with Crippen molar-refractivity contribution in [3.8, 4) is 0 Å². The van der Waals surface area contributed by atoms with Gasteiger partial charge < -0.3 is 5.11 Å². The molecule has 0 aliphatic carbocycles. The van der Waals surface area contributed by atoms with E-state index in [4.69, 9.17) is 5.11 Å². The molecule has 0 fully saturated rings. The lowest BCUT2D eigenvalue weighted by Crippen LogP contribution is -2.12. The van der Waals surface area contributed by atoms with Crippen molar-refractivity contribution in [3.63, 3.8) is 0 Å². The molecule has 0 radical (unpaired) electrons. The van der Waals surface area contributed by atoms with Gasteiger partial charge in [0.05, 0.1) is 22.6 Å². The van der Waals surface area contributed by atoms with Gasteiger partial charge in [-0.1, -0.05) is 0 Å². The number of rotatable bonds is 1. The van der Waals surface area contributed by atoms with Crippen LogP contribution in [-0.4, -0.2) is 21.7 Å². The standard InChI is InChI=1S/C9H6N2O4/c12-8-4-9(13)10-7-2-1-5(11(14)15)3-6(7)8/h1-3H,4H2,(H,10,13). The maximum absolute atomic E-state index is 11.4. The van der Waals surface area contributed by atoms with Gasteiger partial charge in [0.1, 0.15) is 0 Å². The van der Waals surface area contributed by atoms with Crippen molar-refractivity contribution >= 4 is 23.1 Å². The van der Waals surface area contributed by atoms with Crippen LogP contribution in [0.25, 0.3) is 0 Å². The van der Waals surface area contributed by atoms with E-state index in [0.29, 0.717) is 0 Å². The summed E-state index contributed by atoms with van der Waals surface area (Å²) in [7, 11) is 0. The molecule has 1 aromatic rings. The lowest BCUT2D eigenvalue weighted by molar-refractivity contribution is -0.384. The fourth-order valence-electron chi connectivity index (χ4n) is 1.38. The summed E-state index contributed by atoms with van der Waals surface area (Å²) >= 11 is 0. The number of aliphatic hydroxyl groups is 1. The van der Waals surface area contributed by atoms with Crippen LogP contribution in [-0.2, 0) is 0 Å². The summed E-state index contributed by atoms with van der Waals surface area (Å²) in [6.07, 6.45) is -0.200. The minimum Gasteiger partial charge on any atom is -0.496 e. The summed E-state index contributed by atoms with van der Waals surface area (Å²) in [6.45, 7) is 0. The fraction of sp³-hybridized carbons (Fsp3) is 0.111. The van der Waals surface area contributed by atoms with E-state index in [1.54, 1.807) is 0 Å². The van der Waals surface area contributed by atoms with Crippen LogP contribution in [0.1, 0.15) is 16.8 Å². The zero-order valence-electron chi connectivity index (χ0n) is 7.51. The molecule has 1 heterocycles. The van der Waals surface area contributed by atoms with E-state index in [2.05, 4.69) is 4.99 Å². The van der Waals surface area contributed by atoms with E-state index in [-0.39, 0.29) is 35.0 Å². The highest BCUT2D eigenvalue weighted by atomic mass is 16.6. The van der Waals surface area contributed by atoms with Gasteiger partial charge >= 0.3 is 0 Å². The summed E-state index contributed by atoms with van der Waals surface area (Å²) in [6, 6.07) is 3.77. The topological polar surface area (TPSA) is 92.8 Å². The number of nitrogens with zero attached hydrogens (tertiary/aromatic N) is 2. The molecule has 76 valence electrons. The second kappa shape index (κ2) is 3.16. The number of aliphatic hydroxyl groups excluding tert-OH is 1. The van der Waals surface area contributed by atoms with Crippen molar-refractivity contribution in [1.82, 2.24) is 0 Å². The van der Waals surface area contributed by atoms with Crippen LogP contribution in [0.3, 0.4) is 0 Å². The Labute approximate surface area is 84.0 Å². The Morgan fingerprint density at radius 2 is 2.20 bits per heavy atom. The van der Waals surface area contributed by atoms with Gasteiger partial charge in [0.15, 0.2) is 11.7 Å². The number of hydrogen-bond acceptors (Lipinski definition) is 4. The van der Waals surface area contributed by atoms with Gasteiger partial charge in [-0.3, -0.25) is 14.9 Å². The molecule has 6 heteroatoms. The lowest BCUT2D eigenvalue weighted by Gasteiger charge is -2.09. The van der Waals surface area contributed by atoms with Crippen molar-refractivity contribution in [2.24, 2.45) is 4.99 Å². The monoisotopic (exact) mass is 206 g/mol. The van der Waals surface area contributed by atoms with Gasteiger partial charge in [-0.25, -0.2) is 4.99 Å². The molecule has 1 aliphatic heterocycles. The zero-order valence-corrected chi connectivity index (χ0v) is 7.51. The first-order chi connectivity index (χ1) is 7.08. The fourth-order valence-corrected chi connectivity index (χ4v) is 1.38. The summed E-state index contributed by atoms with van der Waals surface area (Å²) in [5.41, 5.74) is 0.301. The van der Waals surface area contributed by atoms with Crippen molar-refractivity contribution < 1.29 is 14.8 Å². The maximum atomic E-state index is 11.4. The maximum Gasteiger partial charge on any atom is 0.270 e. The molecule has 1 aliphatic rings. The predicted molar refractivity (Wildman–Crippen MR) is 51.8 cm³/mol. The van der Waals surface area contributed by atoms with Gasteiger partial charge in [-0.15, -0.1) is 0 Å². The Kier molecular flexibility index (Phi) is 1.96. The van der Waals surface area contributed by atoms with Crippen LogP contribution in [0.15, 0.2) is 23.2 Å². The van der Waals surface area contributed by atoms with Crippen LogP contribution >= 0.6 is 0 Å². The molecule has 0 unspecified atom stereocenters. The molecule has 15 heavy (non-hydrogen) atoms. The molecule has 0 aromatic heterocycles. The first-order valence-electron chi connectivity index (χ1n) is 4.16. The highest BCUT2D eigenvalue weighted by molar-refractivity contribution is 6.13. The van der Waals surface area contributed by atoms with Gasteiger partial charge in [0.2, 0.25) is 0 Å². The third kappa shape index (κ3) is 1.56. The number of benzene rings is 1. The summed E-state index contributed by atoms with van der Waals surface area (Å²) in [5, 5.41) is 19.6. The smallest absolute Gasteiger partial charge is 0.270 e. The molecule has 6 nitrogen and oxygen atoms in total. The van der Waals surface area contributed by atoms with E-state index >= 15 is 0 Å². The Hall–Kier alpha value is -2.24. The number of fused-ring (bicyclic) bond motifs is 1. The minimum atomic E-state index is -0.578. The number of nitro benzene ring substituents is 1. The normalized spacial score (nSPS) is 14.4. The van der Waals surface area contributed by atoms with E-state index in [0.717, 1.165) is 0 Å². The quantitative estimate of drug-likeness (QED) is 0.559. The number of nitro groups is 1. The molecule has 1 N–H and O–H groups in total. The summed E-state index contributed by atoms with van der Waals surface area (Å²) in [4.78, 5) is 25.0. The Bertz CT molecular complexity index is 493. The van der Waals surface area contributed by atoms with Crippen molar-refractivity contribution in [1.29, 1.82) is 0 Å². The lowest BCUT2D eigenvalue weighted by atomic mass is 10.0. The summed E-state index contributed by atoms with van der Waals surface area (Å²) < 4.78 is 0. The number of non-ortho nitro benzene ring substituents is 1. The molecule has 1 aromatic carbocycles. The molecular formula is C9H6N2O4. The highest BCUT2D eigenvalue weighted by Crippen LogP contribution is 2.28. The van der Waals surface area contributed by atoms with Crippen molar-refractivity contribution in [2.45, 2.75) is 6.42 Å². The molecule has 0 bridgehead atoms. The molecular weight excluding hydrogens is 200 g/mol. The van der Waals surface area contributed by atoms with Crippen LogP contribution < -0.4 is 0 Å². The zero-order chi connectivity index (χ0) is 11.0. The minimum absolute atomic E-state index is 0.154. The van der Waals surface area contributed by atoms with E-state index in [1.807, 2.05) is 0 Å². The van der Waals surface area contributed by atoms with E-state index in [1.165, 1.54) is 18.2 Å². The molecule has 0 atom stereocenters. The number of carbonyl (C=O) groups excluding carboxylic acids is 1. The predicted octanol–water partition coefficient (Wildman–Crippen LogP) is 1.77. The molecule has 2 rings (SSSR count). The second-order valence-corrected chi connectivity index (χ2v) is 3.09. The SMILES string of the molecule is O=C1CC(O)=Nc2ccc([N+](=O)[O-])cc21. The van der Waals surface area contributed by atoms with Crippen molar-refractivity contribution in [2.75, 3.05) is 0 Å². The average molecular weight is 206 g/mol. The summed E-state index contributed by atoms with van der Waals surface area (Å²) in [5.74, 6) is -0.623. The Balaban J connectivity index is 2.58. The number of aliphatic imine (C=N–C) groups is 1. The van der Waals surface area contributed by atoms with Crippen LogP contribution in [0.5, 0.6) is 0 Å². The largest absolute Gasteiger partial charge is 0.496 e. The van der Waals surface area contributed by atoms with E-state index in [9.17, 15) is 14.9 Å². The Morgan fingerprint density at radius 3 is 2.87 bits per heavy atom. The third-order valence-electron chi connectivity index (χ3n) is 2.06. The third-order valence-corrected chi connectivity index (χ3v) is 2.06. The second-order valence-electron chi connectivity index (χ2n) is 3.09. The molecule has 0 spiro atoms. The van der Waals surface area contributed by atoms with Gasteiger partial charge in [-0.2, -0.15) is 0 Å². The van der Waals surface area contributed by atoms with Crippen LogP contribution in [0, 0.1) is 10.1 Å². The Morgan fingerprint density at radius 1 is 1.47 bits per heavy atom. The first-order valence-corrected chi connectivity index (χ1v) is 4.16. The number of ketones is 1. The molecule has 0 amide bonds. The average Bonchev–Trinajstić information content (AvgIpc) is 2.16. The van der Waals surface area contributed by atoms with Crippen LogP contribution in [0.2, 0.25) is 0 Å². The number of carbonyl (C=O) groups is 1. The number of Topliss-reactive ketones (excluding diaryl/α,β-unsaturated/α-hetero) is 1. The van der Waals surface area contributed by atoms with Crippen molar-refractivity contribution in [3.05, 3.63) is 33.9 Å². The van der Waals surface area contributed by atoms with Gasteiger partial charge in [0.25, 0.3) is 5.69 Å². The van der Waals surface area contributed by atoms with Gasteiger partial charge in [-0.05, 0) is 6.07 Å². The molecule has 0 saturated heterocycles. The number of hydrogen-bond donors (Lipinski definition) is 1. The van der Waals surface area contributed by atoms with Crippen LogP contribution in [0.4, 0.5) is 11.4 Å². The molecule has 0 saturated carbocycles. The van der Waals surface area contributed by atoms with E-state index < -0.39 is 4.92 Å².